The number of thiocyanates is 1. The van der Waals surface area contributed by atoms with E-state index in [1.54, 1.807) is 6.92 Å². The van der Waals surface area contributed by atoms with Crippen LogP contribution in [0.1, 0.15) is 6.92 Å². The van der Waals surface area contributed by atoms with Crippen molar-refractivity contribution in [2.24, 2.45) is 0 Å². The van der Waals surface area contributed by atoms with Crippen LogP contribution >= 0.6 is 24.0 Å². The molecule has 3 saturated heterocycles. The van der Waals surface area contributed by atoms with Gasteiger partial charge in [-0.25, -0.2) is 0 Å². The fourth-order valence-electron chi connectivity index (χ4n) is 4.57. The Hall–Kier alpha value is -2.02. The molecular weight excluding hydrogens is 508 g/mol. The van der Waals surface area contributed by atoms with Gasteiger partial charge in [-0.1, -0.05) is 0 Å². The van der Waals surface area contributed by atoms with E-state index in [1.165, 1.54) is 0 Å². The highest BCUT2D eigenvalue weighted by Crippen LogP contribution is 2.19. The third-order valence-electron chi connectivity index (χ3n) is 6.31. The molecule has 0 aliphatic carbocycles. The van der Waals surface area contributed by atoms with Crippen LogP contribution in [0.5, 0.6) is 0 Å². The van der Waals surface area contributed by atoms with Gasteiger partial charge in [-0.05, 0) is 48.2 Å². The molecule has 11 nitrogen and oxygen atoms in total. The maximum atomic E-state index is 12.0. The summed E-state index contributed by atoms with van der Waals surface area (Å²) < 4.78 is 0. The van der Waals surface area contributed by atoms with Gasteiger partial charge in [0.05, 0.1) is 11.1 Å². The number of hydrogen-bond acceptors (Lipinski definition) is 10. The fraction of sp³-hybridized carbons (Fsp3) is 0.625. The predicted molar refractivity (Wildman–Crippen MR) is 154 cm³/mol. The van der Waals surface area contributed by atoms with E-state index in [1.807, 2.05) is 24.3 Å². The second kappa shape index (κ2) is 15.4. The number of nitrogens with one attached hydrogen (secondary N) is 9. The molecule has 1 aromatic rings. The van der Waals surface area contributed by atoms with Crippen LogP contribution in [0.25, 0.3) is 0 Å². The van der Waals surface area contributed by atoms with E-state index in [4.69, 9.17) is 17.5 Å². The minimum Gasteiger partial charge on any atom is -0.353 e. The molecule has 0 aromatic heterocycles. The lowest BCUT2D eigenvalue weighted by Crippen LogP contribution is -2.68. The quantitative estimate of drug-likeness (QED) is 0.125. The number of nitriles is 1. The van der Waals surface area contributed by atoms with E-state index in [0.29, 0.717) is 44.4 Å². The Morgan fingerprint density at radius 3 is 1.59 bits per heavy atom. The molecule has 9 N–H and O–H groups in total. The lowest BCUT2D eigenvalue weighted by molar-refractivity contribution is -0.120. The molecule has 204 valence electrons. The number of hydrogen-bond donors (Lipinski definition) is 9. The van der Waals surface area contributed by atoms with Gasteiger partial charge in [-0.15, -0.1) is 0 Å². The summed E-state index contributed by atoms with van der Waals surface area (Å²) in [7, 11) is 0. The molecule has 0 atom stereocenters. The van der Waals surface area contributed by atoms with Crippen molar-refractivity contribution in [3.8, 4) is 5.40 Å². The standard InChI is InChI=1S/C24H40N10OS2/c1-19(35)33-23-12-26-6-9-29-15-24(16-30-10-7-27-13-23,17-31-11-8-28-14-23)34-22(36)32-20-2-4-21(5-3-20)37-18-25/h2-5,26-31H,6-17H2,1H3,(H,33,35)(H2,32,34,36). The molecule has 3 aliphatic heterocycles. The number of benzene rings is 1. The average molecular weight is 549 g/mol. The SMILES string of the molecule is CC(=O)NC12CNCCNCC(NC(=S)Nc3ccc(SC#N)cc3)(CNCCNC1)CNCCNC2. The highest BCUT2D eigenvalue weighted by Gasteiger charge is 2.33. The van der Waals surface area contributed by atoms with Crippen LogP contribution < -0.4 is 47.9 Å². The molecule has 0 spiro atoms. The van der Waals surface area contributed by atoms with Crippen LogP contribution in [-0.2, 0) is 4.79 Å². The first kappa shape index (κ1) is 29.5. The number of thioether (sulfide) groups is 1. The molecule has 2 bridgehead atoms. The summed E-state index contributed by atoms with van der Waals surface area (Å²) in [6.07, 6.45) is 0. The Balaban J connectivity index is 1.71. The zero-order chi connectivity index (χ0) is 26.4. The lowest BCUT2D eigenvalue weighted by Gasteiger charge is -2.39. The molecule has 4 rings (SSSR count). The number of anilines is 1. The van der Waals surface area contributed by atoms with Gasteiger partial charge in [0, 0.05) is 96.0 Å². The minimum atomic E-state index is -0.408. The molecule has 1 amide bonds. The van der Waals surface area contributed by atoms with Gasteiger partial charge in [-0.2, -0.15) is 5.26 Å². The first-order chi connectivity index (χ1) is 17.9. The Morgan fingerprint density at radius 1 is 0.811 bits per heavy atom. The van der Waals surface area contributed by atoms with E-state index < -0.39 is 5.54 Å². The van der Waals surface area contributed by atoms with E-state index in [2.05, 4.69) is 53.3 Å². The summed E-state index contributed by atoms with van der Waals surface area (Å²) in [4.78, 5) is 12.9. The van der Waals surface area contributed by atoms with Crippen LogP contribution in [0, 0.1) is 10.7 Å². The largest absolute Gasteiger partial charge is 0.353 e. The zero-order valence-corrected chi connectivity index (χ0v) is 23.1. The lowest BCUT2D eigenvalue weighted by atomic mass is 9.97. The van der Waals surface area contributed by atoms with E-state index in [9.17, 15) is 4.79 Å². The van der Waals surface area contributed by atoms with Crippen molar-refractivity contribution in [1.82, 2.24) is 42.5 Å². The Morgan fingerprint density at radius 2 is 1.22 bits per heavy atom. The van der Waals surface area contributed by atoms with Gasteiger partial charge in [0.1, 0.15) is 5.40 Å². The number of rotatable bonds is 4. The summed E-state index contributed by atoms with van der Waals surface area (Å²) >= 11 is 6.85. The molecule has 13 heteroatoms. The molecule has 0 unspecified atom stereocenters. The van der Waals surface area contributed by atoms with Gasteiger partial charge < -0.3 is 47.9 Å². The van der Waals surface area contributed by atoms with Crippen LogP contribution in [0.2, 0.25) is 0 Å². The number of fused-ring (bicyclic) bond motifs is 15. The van der Waals surface area contributed by atoms with Crippen LogP contribution in [0.15, 0.2) is 29.2 Å². The van der Waals surface area contributed by atoms with Crippen LogP contribution in [0.3, 0.4) is 0 Å². The number of carbonyl (C=O) groups excluding carboxylic acids is 1. The van der Waals surface area contributed by atoms with Crippen molar-refractivity contribution in [3.05, 3.63) is 24.3 Å². The summed E-state index contributed by atoms with van der Waals surface area (Å²) in [6, 6.07) is 7.65. The highest BCUT2D eigenvalue weighted by molar-refractivity contribution is 8.03. The average Bonchev–Trinajstić information content (AvgIpc) is 2.86. The van der Waals surface area contributed by atoms with Gasteiger partial charge in [0.15, 0.2) is 5.11 Å². The second-order valence-electron chi connectivity index (χ2n) is 9.60. The fourth-order valence-corrected chi connectivity index (χ4v) is 5.28. The molecule has 1 aromatic carbocycles. The summed E-state index contributed by atoms with van der Waals surface area (Å²) in [6.45, 7) is 10.3. The van der Waals surface area contributed by atoms with Crippen molar-refractivity contribution >= 4 is 40.7 Å². The first-order valence-corrected chi connectivity index (χ1v) is 14.0. The highest BCUT2D eigenvalue weighted by atomic mass is 32.2. The predicted octanol–water partition coefficient (Wildman–Crippen LogP) is -1.28. The van der Waals surface area contributed by atoms with Crippen LogP contribution in [0.4, 0.5) is 5.69 Å². The Labute approximate surface area is 229 Å². The summed E-state index contributed by atoms with van der Waals surface area (Å²) in [5.41, 5.74) is 0.0935. The molecule has 3 fully saturated rings. The molecule has 3 aliphatic rings. The number of thiocarbonyl (C=S) groups is 1. The minimum absolute atomic E-state index is 0.0283. The van der Waals surface area contributed by atoms with Gasteiger partial charge in [0.2, 0.25) is 5.91 Å². The van der Waals surface area contributed by atoms with Crippen LogP contribution in [-0.4, -0.2) is 101 Å². The number of amides is 1. The molecular formula is C24H40N10OS2. The zero-order valence-electron chi connectivity index (χ0n) is 21.5. The maximum Gasteiger partial charge on any atom is 0.217 e. The molecule has 0 radical (unpaired) electrons. The van der Waals surface area contributed by atoms with Gasteiger partial charge >= 0.3 is 0 Å². The summed E-state index contributed by atoms with van der Waals surface area (Å²) in [5, 5.41) is 42.9. The normalized spacial score (nSPS) is 26.2. The molecule has 37 heavy (non-hydrogen) atoms. The topological polar surface area (TPSA) is 149 Å². The molecule has 3 heterocycles. The first-order valence-electron chi connectivity index (χ1n) is 12.7. The monoisotopic (exact) mass is 548 g/mol. The van der Waals surface area contributed by atoms with Crippen molar-refractivity contribution in [1.29, 1.82) is 5.26 Å². The smallest absolute Gasteiger partial charge is 0.217 e. The summed E-state index contributed by atoms with van der Waals surface area (Å²) in [5.74, 6) is -0.0283. The Bertz CT molecular complexity index is 864. The van der Waals surface area contributed by atoms with E-state index in [-0.39, 0.29) is 11.4 Å². The van der Waals surface area contributed by atoms with E-state index >= 15 is 0 Å². The maximum absolute atomic E-state index is 12.0. The number of carbonyl (C=O) groups is 1. The second-order valence-corrected chi connectivity index (χ2v) is 10.9. The van der Waals surface area contributed by atoms with Crippen molar-refractivity contribution in [3.63, 3.8) is 0 Å². The third kappa shape index (κ3) is 10.3. The Kier molecular flexibility index (Phi) is 12.3. The van der Waals surface area contributed by atoms with Gasteiger partial charge in [0.25, 0.3) is 0 Å². The number of nitrogens with zero attached hydrogens (tertiary/aromatic N) is 1. The van der Waals surface area contributed by atoms with Crippen molar-refractivity contribution < 1.29 is 4.79 Å². The van der Waals surface area contributed by atoms with Crippen molar-refractivity contribution in [2.75, 3.05) is 83.9 Å². The molecule has 0 saturated carbocycles. The van der Waals surface area contributed by atoms with E-state index in [0.717, 1.165) is 61.6 Å². The third-order valence-corrected chi connectivity index (χ3v) is 7.11. The van der Waals surface area contributed by atoms with Crippen molar-refractivity contribution in [2.45, 2.75) is 22.9 Å². The van der Waals surface area contributed by atoms with Gasteiger partial charge in [-0.3, -0.25) is 4.79 Å².